The van der Waals surface area contributed by atoms with Crippen LogP contribution in [0.1, 0.15) is 5.69 Å². The highest BCUT2D eigenvalue weighted by atomic mass is 32.2. The summed E-state index contributed by atoms with van der Waals surface area (Å²) in [6, 6.07) is 1.05. The summed E-state index contributed by atoms with van der Waals surface area (Å²) in [6.07, 6.45) is -3.60. The summed E-state index contributed by atoms with van der Waals surface area (Å²) in [5.41, 5.74) is 0.201. The molecule has 5 nitrogen and oxygen atoms in total. The molecule has 1 heterocycles. The van der Waals surface area contributed by atoms with E-state index in [4.69, 9.17) is 5.11 Å². The molecule has 3 N–H and O–H groups in total. The number of nitrogens with one attached hydrogen (secondary N) is 2. The average Bonchev–Trinajstić information content (AvgIpc) is 2.62. The van der Waals surface area contributed by atoms with Gasteiger partial charge in [-0.1, -0.05) is 0 Å². The van der Waals surface area contributed by atoms with E-state index in [1.54, 1.807) is 0 Å². The molecule has 1 aromatic rings. The first kappa shape index (κ1) is 13.0. The number of H-pyrrole nitrogens is 1. The topological polar surface area (TPSA) is 82.2 Å². The zero-order valence-corrected chi connectivity index (χ0v) is 8.69. The van der Waals surface area contributed by atoms with Crippen LogP contribution in [0.15, 0.2) is 17.2 Å². The second-order valence-corrected chi connectivity index (χ2v) is 4.73. The van der Waals surface area contributed by atoms with E-state index in [9.17, 15) is 21.6 Å². The van der Waals surface area contributed by atoms with Crippen molar-refractivity contribution in [3.63, 3.8) is 0 Å². The fraction of sp³-hybridized carbons (Fsp3) is 0.429. The number of halogens is 3. The molecule has 1 rings (SSSR count). The second-order valence-electron chi connectivity index (χ2n) is 2.96. The van der Waals surface area contributed by atoms with Crippen LogP contribution in [0.4, 0.5) is 13.2 Å². The van der Waals surface area contributed by atoms with Crippen molar-refractivity contribution in [3.05, 3.63) is 18.0 Å². The third-order valence-electron chi connectivity index (χ3n) is 1.66. The van der Waals surface area contributed by atoms with Gasteiger partial charge in [-0.25, -0.2) is 13.1 Å². The maximum Gasteiger partial charge on any atom is 0.402 e. The predicted octanol–water partition coefficient (Wildman–Crippen LogP) is 0.348. The number of sulfonamides is 1. The summed E-state index contributed by atoms with van der Waals surface area (Å²) in [7, 11) is -4.20. The molecule has 0 saturated heterocycles. The first-order valence-corrected chi connectivity index (χ1v) is 5.57. The molecule has 0 fully saturated rings. The lowest BCUT2D eigenvalue weighted by Crippen LogP contribution is -2.33. The Morgan fingerprint density at radius 3 is 2.50 bits per heavy atom. The number of aromatic nitrogens is 1. The minimum atomic E-state index is -4.61. The number of hydrogen-bond acceptors (Lipinski definition) is 3. The van der Waals surface area contributed by atoms with E-state index in [1.165, 1.54) is 4.72 Å². The lowest BCUT2D eigenvalue weighted by atomic mass is 10.5. The zero-order valence-electron chi connectivity index (χ0n) is 7.87. The third kappa shape index (κ3) is 3.51. The van der Waals surface area contributed by atoms with E-state index in [-0.39, 0.29) is 10.6 Å². The van der Waals surface area contributed by atoms with Crippen molar-refractivity contribution in [1.82, 2.24) is 9.71 Å². The predicted molar refractivity (Wildman–Crippen MR) is 48.0 cm³/mol. The SMILES string of the molecule is O=S(=O)(NCC(F)(F)F)c1c[nH]c(CO)c1. The monoisotopic (exact) mass is 258 g/mol. The number of alkyl halides is 3. The first-order chi connectivity index (χ1) is 7.24. The Morgan fingerprint density at radius 1 is 1.44 bits per heavy atom. The highest BCUT2D eigenvalue weighted by Gasteiger charge is 2.30. The Hall–Kier alpha value is -1.06. The van der Waals surface area contributed by atoms with Gasteiger partial charge in [0.2, 0.25) is 10.0 Å². The molecule has 0 aliphatic carbocycles. The van der Waals surface area contributed by atoms with E-state index in [2.05, 4.69) is 4.98 Å². The molecule has 0 saturated carbocycles. The van der Waals surface area contributed by atoms with E-state index >= 15 is 0 Å². The third-order valence-corrected chi connectivity index (χ3v) is 3.04. The number of aromatic amines is 1. The Morgan fingerprint density at radius 2 is 2.06 bits per heavy atom. The number of aliphatic hydroxyl groups excluding tert-OH is 1. The Balaban J connectivity index is 2.78. The minimum absolute atomic E-state index is 0.201. The van der Waals surface area contributed by atoms with Gasteiger partial charge in [-0.05, 0) is 6.07 Å². The van der Waals surface area contributed by atoms with Gasteiger partial charge in [-0.2, -0.15) is 13.2 Å². The summed E-state index contributed by atoms with van der Waals surface area (Å²) < 4.78 is 59.4. The molecule has 16 heavy (non-hydrogen) atoms. The van der Waals surface area contributed by atoms with E-state index in [0.29, 0.717) is 0 Å². The molecule has 0 atom stereocenters. The van der Waals surface area contributed by atoms with Gasteiger partial charge < -0.3 is 10.1 Å². The lowest BCUT2D eigenvalue weighted by Gasteiger charge is -2.07. The summed E-state index contributed by atoms with van der Waals surface area (Å²) in [5, 5.41) is 8.65. The summed E-state index contributed by atoms with van der Waals surface area (Å²) >= 11 is 0. The van der Waals surface area contributed by atoms with Gasteiger partial charge in [-0.3, -0.25) is 0 Å². The maximum absolute atomic E-state index is 11.8. The van der Waals surface area contributed by atoms with Crippen molar-refractivity contribution in [2.45, 2.75) is 17.7 Å². The van der Waals surface area contributed by atoms with Crippen molar-refractivity contribution in [2.75, 3.05) is 6.54 Å². The Labute approximate surface area is 89.3 Å². The quantitative estimate of drug-likeness (QED) is 0.728. The molecule has 0 bridgehead atoms. The normalized spacial score (nSPS) is 13.0. The van der Waals surface area contributed by atoms with Crippen molar-refractivity contribution in [2.24, 2.45) is 0 Å². The lowest BCUT2D eigenvalue weighted by molar-refractivity contribution is -0.121. The molecule has 9 heteroatoms. The van der Waals surface area contributed by atoms with Gasteiger partial charge in [0.25, 0.3) is 0 Å². The van der Waals surface area contributed by atoms with Crippen molar-refractivity contribution < 1.29 is 26.7 Å². The van der Waals surface area contributed by atoms with Gasteiger partial charge >= 0.3 is 6.18 Å². The van der Waals surface area contributed by atoms with Crippen LogP contribution < -0.4 is 4.72 Å². The van der Waals surface area contributed by atoms with Crippen LogP contribution in [-0.4, -0.2) is 31.2 Å². The smallest absolute Gasteiger partial charge is 0.390 e. The van der Waals surface area contributed by atoms with Gasteiger partial charge in [0.15, 0.2) is 0 Å². The van der Waals surface area contributed by atoms with Crippen LogP contribution in [-0.2, 0) is 16.6 Å². The van der Waals surface area contributed by atoms with Crippen molar-refractivity contribution in [1.29, 1.82) is 0 Å². The molecular weight excluding hydrogens is 249 g/mol. The molecule has 1 aromatic heterocycles. The molecule has 0 aliphatic rings. The van der Waals surface area contributed by atoms with Crippen molar-refractivity contribution in [3.8, 4) is 0 Å². The highest BCUT2D eigenvalue weighted by molar-refractivity contribution is 7.89. The van der Waals surface area contributed by atoms with Gasteiger partial charge in [-0.15, -0.1) is 0 Å². The average molecular weight is 258 g/mol. The molecule has 0 unspecified atom stereocenters. The largest absolute Gasteiger partial charge is 0.402 e. The van der Waals surface area contributed by atoms with Crippen LogP contribution in [0.5, 0.6) is 0 Å². The van der Waals surface area contributed by atoms with E-state index < -0.39 is 29.4 Å². The van der Waals surface area contributed by atoms with Crippen molar-refractivity contribution >= 4 is 10.0 Å². The summed E-state index contributed by atoms with van der Waals surface area (Å²) in [5.74, 6) is 0. The maximum atomic E-state index is 11.8. The minimum Gasteiger partial charge on any atom is -0.390 e. The van der Waals surface area contributed by atoms with Crippen LogP contribution in [0.25, 0.3) is 0 Å². The second kappa shape index (κ2) is 4.44. The van der Waals surface area contributed by atoms with E-state index in [0.717, 1.165) is 12.3 Å². The van der Waals surface area contributed by atoms with Crippen LogP contribution in [0.2, 0.25) is 0 Å². The molecule has 92 valence electrons. The molecule has 0 aromatic carbocycles. The van der Waals surface area contributed by atoms with Crippen LogP contribution >= 0.6 is 0 Å². The van der Waals surface area contributed by atoms with Crippen LogP contribution in [0, 0.1) is 0 Å². The Bertz CT molecular complexity index is 452. The first-order valence-electron chi connectivity index (χ1n) is 4.09. The number of aliphatic hydroxyl groups is 1. The van der Waals surface area contributed by atoms with E-state index in [1.807, 2.05) is 0 Å². The number of hydrogen-bond donors (Lipinski definition) is 3. The van der Waals surface area contributed by atoms with Gasteiger partial charge in [0, 0.05) is 11.9 Å². The molecule has 0 aliphatic heterocycles. The summed E-state index contributed by atoms with van der Waals surface area (Å²) in [6.45, 7) is -2.05. The highest BCUT2D eigenvalue weighted by Crippen LogP contribution is 2.15. The zero-order chi connectivity index (χ0) is 12.4. The Kier molecular flexibility index (Phi) is 3.61. The fourth-order valence-corrected chi connectivity index (χ4v) is 1.96. The molecule has 0 radical (unpaired) electrons. The molecular formula is C7H9F3N2O3S. The molecule has 0 spiro atoms. The molecule has 0 amide bonds. The van der Waals surface area contributed by atoms with Crippen LogP contribution in [0.3, 0.4) is 0 Å². The summed E-state index contributed by atoms with van der Waals surface area (Å²) in [4.78, 5) is 2.06. The van der Waals surface area contributed by atoms with Gasteiger partial charge in [0.1, 0.15) is 6.54 Å². The standard InChI is InChI=1S/C7H9F3N2O3S/c8-7(9,10)4-12-16(14,15)6-1-5(3-13)11-2-6/h1-2,11-13H,3-4H2. The fourth-order valence-electron chi connectivity index (χ4n) is 0.925. The number of rotatable bonds is 4. The van der Waals surface area contributed by atoms with Gasteiger partial charge in [0.05, 0.1) is 11.5 Å².